The SMILES string of the molecule is CCOC(=O)c1cc2cc(Oc3ccc(F)cc3)ccc2[nH]1. The zero-order valence-corrected chi connectivity index (χ0v) is 11.9. The van der Waals surface area contributed by atoms with Gasteiger partial charge < -0.3 is 14.5 Å². The normalized spacial score (nSPS) is 10.6. The molecular formula is C17H14FNO3. The van der Waals surface area contributed by atoms with Gasteiger partial charge in [0.25, 0.3) is 0 Å². The molecule has 0 aliphatic heterocycles. The molecule has 0 amide bonds. The number of H-pyrrole nitrogens is 1. The van der Waals surface area contributed by atoms with Crippen LogP contribution in [-0.4, -0.2) is 17.6 Å². The molecule has 3 aromatic rings. The maximum absolute atomic E-state index is 12.9. The van der Waals surface area contributed by atoms with Crippen molar-refractivity contribution in [3.63, 3.8) is 0 Å². The molecule has 1 heterocycles. The number of carbonyl (C=O) groups excluding carboxylic acids is 1. The Morgan fingerprint density at radius 3 is 2.55 bits per heavy atom. The van der Waals surface area contributed by atoms with Gasteiger partial charge in [0.15, 0.2) is 0 Å². The van der Waals surface area contributed by atoms with Crippen LogP contribution in [0.15, 0.2) is 48.5 Å². The van der Waals surface area contributed by atoms with E-state index in [4.69, 9.17) is 9.47 Å². The van der Waals surface area contributed by atoms with E-state index in [1.165, 1.54) is 12.1 Å². The van der Waals surface area contributed by atoms with E-state index in [0.29, 0.717) is 23.8 Å². The molecule has 22 heavy (non-hydrogen) atoms. The lowest BCUT2D eigenvalue weighted by molar-refractivity contribution is 0.0520. The maximum atomic E-state index is 12.9. The maximum Gasteiger partial charge on any atom is 0.354 e. The van der Waals surface area contributed by atoms with Crippen LogP contribution in [0.2, 0.25) is 0 Å². The minimum absolute atomic E-state index is 0.312. The summed E-state index contributed by atoms with van der Waals surface area (Å²) in [5.74, 6) is 0.447. The van der Waals surface area contributed by atoms with E-state index in [2.05, 4.69) is 4.98 Å². The van der Waals surface area contributed by atoms with E-state index in [1.54, 1.807) is 37.3 Å². The largest absolute Gasteiger partial charge is 0.461 e. The van der Waals surface area contributed by atoms with Crippen LogP contribution in [0.1, 0.15) is 17.4 Å². The number of ether oxygens (including phenoxy) is 2. The number of hydrogen-bond acceptors (Lipinski definition) is 3. The molecule has 4 nitrogen and oxygen atoms in total. The molecule has 0 saturated heterocycles. The Morgan fingerprint density at radius 2 is 1.82 bits per heavy atom. The Kier molecular flexibility index (Phi) is 3.78. The molecule has 112 valence electrons. The number of hydrogen-bond donors (Lipinski definition) is 1. The summed E-state index contributed by atoms with van der Waals surface area (Å²) in [7, 11) is 0. The van der Waals surface area contributed by atoms with E-state index >= 15 is 0 Å². The van der Waals surface area contributed by atoms with Gasteiger partial charge in [0.05, 0.1) is 6.61 Å². The highest BCUT2D eigenvalue weighted by atomic mass is 19.1. The first kappa shape index (κ1) is 14.1. The summed E-state index contributed by atoms with van der Waals surface area (Å²) >= 11 is 0. The van der Waals surface area contributed by atoms with Gasteiger partial charge >= 0.3 is 5.97 Å². The summed E-state index contributed by atoms with van der Waals surface area (Å²) in [6, 6.07) is 12.9. The van der Waals surface area contributed by atoms with Gasteiger partial charge in [-0.15, -0.1) is 0 Å². The highest BCUT2D eigenvalue weighted by molar-refractivity contribution is 5.95. The van der Waals surface area contributed by atoms with Crippen LogP contribution in [0.25, 0.3) is 10.9 Å². The van der Waals surface area contributed by atoms with Gasteiger partial charge in [0, 0.05) is 10.9 Å². The minimum atomic E-state index is -0.389. The number of benzene rings is 2. The van der Waals surface area contributed by atoms with Crippen molar-refractivity contribution >= 4 is 16.9 Å². The summed E-state index contributed by atoms with van der Waals surface area (Å²) < 4.78 is 23.5. The lowest BCUT2D eigenvalue weighted by Crippen LogP contribution is -2.04. The van der Waals surface area contributed by atoms with Gasteiger partial charge in [0.1, 0.15) is 23.0 Å². The number of nitrogens with one attached hydrogen (secondary N) is 1. The highest BCUT2D eigenvalue weighted by Gasteiger charge is 2.10. The molecular weight excluding hydrogens is 285 g/mol. The molecule has 2 aromatic carbocycles. The molecule has 0 spiro atoms. The third-order valence-corrected chi connectivity index (χ3v) is 3.14. The molecule has 0 fully saturated rings. The van der Waals surface area contributed by atoms with E-state index < -0.39 is 0 Å². The fraction of sp³-hybridized carbons (Fsp3) is 0.118. The topological polar surface area (TPSA) is 51.3 Å². The summed E-state index contributed by atoms with van der Waals surface area (Å²) in [5.41, 5.74) is 1.21. The summed E-state index contributed by atoms with van der Waals surface area (Å²) in [6.07, 6.45) is 0. The monoisotopic (exact) mass is 299 g/mol. The lowest BCUT2D eigenvalue weighted by atomic mass is 10.2. The Bertz CT molecular complexity index is 808. The lowest BCUT2D eigenvalue weighted by Gasteiger charge is -2.05. The number of esters is 1. The van der Waals surface area contributed by atoms with Crippen molar-refractivity contribution in [1.82, 2.24) is 4.98 Å². The Hall–Kier alpha value is -2.82. The molecule has 0 aliphatic rings. The van der Waals surface area contributed by atoms with Crippen LogP contribution < -0.4 is 4.74 Å². The summed E-state index contributed by atoms with van der Waals surface area (Å²) in [6.45, 7) is 2.09. The Morgan fingerprint density at radius 1 is 1.09 bits per heavy atom. The average molecular weight is 299 g/mol. The molecule has 0 aliphatic carbocycles. The van der Waals surface area contributed by atoms with E-state index in [9.17, 15) is 9.18 Å². The fourth-order valence-electron chi connectivity index (χ4n) is 2.13. The second-order valence-corrected chi connectivity index (χ2v) is 4.71. The molecule has 0 radical (unpaired) electrons. The molecule has 0 saturated carbocycles. The molecule has 0 atom stereocenters. The second kappa shape index (κ2) is 5.89. The van der Waals surface area contributed by atoms with Gasteiger partial charge in [-0.05, 0) is 55.5 Å². The molecule has 1 aromatic heterocycles. The molecule has 0 unspecified atom stereocenters. The van der Waals surface area contributed by atoms with Crippen molar-refractivity contribution < 1.29 is 18.7 Å². The molecule has 3 rings (SSSR count). The van der Waals surface area contributed by atoms with Gasteiger partial charge in [-0.2, -0.15) is 0 Å². The van der Waals surface area contributed by atoms with E-state index in [0.717, 1.165) is 10.9 Å². The van der Waals surface area contributed by atoms with Gasteiger partial charge in [-0.25, -0.2) is 9.18 Å². The number of rotatable bonds is 4. The van der Waals surface area contributed by atoms with Crippen LogP contribution in [0.3, 0.4) is 0 Å². The van der Waals surface area contributed by atoms with Crippen molar-refractivity contribution in [3.8, 4) is 11.5 Å². The first-order chi connectivity index (χ1) is 10.7. The van der Waals surface area contributed by atoms with Crippen LogP contribution in [-0.2, 0) is 4.74 Å². The van der Waals surface area contributed by atoms with Crippen LogP contribution >= 0.6 is 0 Å². The van der Waals surface area contributed by atoms with E-state index in [-0.39, 0.29) is 11.8 Å². The molecule has 0 bridgehead atoms. The summed E-state index contributed by atoms with van der Waals surface area (Å²) in [4.78, 5) is 14.7. The van der Waals surface area contributed by atoms with Crippen LogP contribution in [0, 0.1) is 5.82 Å². The van der Waals surface area contributed by atoms with Gasteiger partial charge in [-0.3, -0.25) is 0 Å². The predicted octanol–water partition coefficient (Wildman–Crippen LogP) is 4.28. The summed E-state index contributed by atoms with van der Waals surface area (Å²) in [5, 5.41) is 0.836. The first-order valence-electron chi connectivity index (χ1n) is 6.89. The van der Waals surface area contributed by atoms with Gasteiger partial charge in [0.2, 0.25) is 0 Å². The van der Waals surface area contributed by atoms with Crippen LogP contribution in [0.4, 0.5) is 4.39 Å². The zero-order chi connectivity index (χ0) is 15.5. The fourth-order valence-corrected chi connectivity index (χ4v) is 2.13. The Labute approximate surface area is 126 Å². The van der Waals surface area contributed by atoms with Crippen molar-refractivity contribution in [1.29, 1.82) is 0 Å². The van der Waals surface area contributed by atoms with Crippen molar-refractivity contribution in [2.24, 2.45) is 0 Å². The third kappa shape index (κ3) is 2.93. The minimum Gasteiger partial charge on any atom is -0.461 e. The first-order valence-corrected chi connectivity index (χ1v) is 6.89. The number of aromatic nitrogens is 1. The number of halogens is 1. The Balaban J connectivity index is 1.86. The van der Waals surface area contributed by atoms with Crippen molar-refractivity contribution in [2.45, 2.75) is 6.92 Å². The average Bonchev–Trinajstić information content (AvgIpc) is 2.93. The zero-order valence-electron chi connectivity index (χ0n) is 11.9. The van der Waals surface area contributed by atoms with Crippen molar-refractivity contribution in [2.75, 3.05) is 6.61 Å². The number of aromatic amines is 1. The third-order valence-electron chi connectivity index (χ3n) is 3.14. The molecule has 5 heteroatoms. The van der Waals surface area contributed by atoms with Gasteiger partial charge in [-0.1, -0.05) is 0 Å². The van der Waals surface area contributed by atoms with E-state index in [1.807, 2.05) is 6.07 Å². The van der Waals surface area contributed by atoms with Crippen LogP contribution in [0.5, 0.6) is 11.5 Å². The number of carbonyl (C=O) groups is 1. The standard InChI is InChI=1S/C17H14FNO3/c1-2-21-17(20)16-10-11-9-14(7-8-15(11)19-16)22-13-5-3-12(18)4-6-13/h3-10,19H,2H2,1H3. The quantitative estimate of drug-likeness (QED) is 0.732. The number of fused-ring (bicyclic) bond motifs is 1. The second-order valence-electron chi connectivity index (χ2n) is 4.71. The van der Waals surface area contributed by atoms with Crippen molar-refractivity contribution in [3.05, 3.63) is 60.0 Å². The molecule has 1 N–H and O–H groups in total. The highest BCUT2D eigenvalue weighted by Crippen LogP contribution is 2.26. The smallest absolute Gasteiger partial charge is 0.354 e. The predicted molar refractivity (Wildman–Crippen MR) is 80.7 cm³/mol.